The Morgan fingerprint density at radius 2 is 2.05 bits per heavy atom. The van der Waals surface area contributed by atoms with Crippen molar-refractivity contribution in [2.75, 3.05) is 0 Å². The van der Waals surface area contributed by atoms with Gasteiger partial charge in [0.1, 0.15) is 18.2 Å². The van der Waals surface area contributed by atoms with E-state index in [0.29, 0.717) is 5.75 Å². The molecule has 0 fully saturated rings. The molecule has 104 valence electrons. The van der Waals surface area contributed by atoms with Crippen molar-refractivity contribution in [1.29, 1.82) is 0 Å². The lowest BCUT2D eigenvalue weighted by Crippen LogP contribution is -2.30. The maximum absolute atomic E-state index is 13.7. The first kappa shape index (κ1) is 14.5. The summed E-state index contributed by atoms with van der Waals surface area (Å²) in [6, 6.07) is 11.2. The maximum atomic E-state index is 13.7. The van der Waals surface area contributed by atoms with Gasteiger partial charge in [0.2, 0.25) is 0 Å². The Balaban J connectivity index is 2.17. The molecule has 0 saturated carbocycles. The molecule has 3 N–H and O–H groups in total. The monoisotopic (exact) mass is 338 g/mol. The standard InChI is InChI=1S/C14H12BrFN2O2/c15-11-3-1-2-4-13(11)20-8-10-7-9(14(19)18-17)5-6-12(10)16/h1-7H,8,17H2,(H,18,19). The zero-order valence-electron chi connectivity index (χ0n) is 10.4. The van der Waals surface area contributed by atoms with Gasteiger partial charge in [0, 0.05) is 11.1 Å². The van der Waals surface area contributed by atoms with Crippen LogP contribution in [0, 0.1) is 5.82 Å². The van der Waals surface area contributed by atoms with Crippen LogP contribution < -0.4 is 16.0 Å². The average Bonchev–Trinajstić information content (AvgIpc) is 2.47. The highest BCUT2D eigenvalue weighted by molar-refractivity contribution is 9.10. The third kappa shape index (κ3) is 3.34. The van der Waals surface area contributed by atoms with Crippen molar-refractivity contribution in [3.63, 3.8) is 0 Å². The summed E-state index contributed by atoms with van der Waals surface area (Å²) in [6.45, 7) is 0.0140. The number of halogens is 2. The summed E-state index contributed by atoms with van der Waals surface area (Å²) in [5.74, 6) is 4.73. The SMILES string of the molecule is NNC(=O)c1ccc(F)c(COc2ccccc2Br)c1. The maximum Gasteiger partial charge on any atom is 0.265 e. The minimum absolute atomic E-state index is 0.0140. The quantitative estimate of drug-likeness (QED) is 0.511. The van der Waals surface area contributed by atoms with Crippen LogP contribution in [0.5, 0.6) is 5.75 Å². The molecule has 0 heterocycles. The molecule has 2 rings (SSSR count). The van der Waals surface area contributed by atoms with Gasteiger partial charge in [-0.25, -0.2) is 10.2 Å². The minimum atomic E-state index is -0.479. The van der Waals surface area contributed by atoms with Crippen LogP contribution in [0.4, 0.5) is 4.39 Å². The number of carbonyl (C=O) groups excluding carboxylic acids is 1. The van der Waals surface area contributed by atoms with E-state index >= 15 is 0 Å². The van der Waals surface area contributed by atoms with E-state index in [9.17, 15) is 9.18 Å². The smallest absolute Gasteiger partial charge is 0.265 e. The van der Waals surface area contributed by atoms with E-state index in [4.69, 9.17) is 10.6 Å². The van der Waals surface area contributed by atoms with Gasteiger partial charge in [-0.15, -0.1) is 0 Å². The first-order valence-corrected chi connectivity index (χ1v) is 6.58. The molecule has 4 nitrogen and oxygen atoms in total. The number of ether oxygens (including phenoxy) is 1. The molecule has 2 aromatic carbocycles. The van der Waals surface area contributed by atoms with Crippen LogP contribution in [0.1, 0.15) is 15.9 Å². The fourth-order valence-electron chi connectivity index (χ4n) is 1.63. The number of amides is 1. The average molecular weight is 339 g/mol. The van der Waals surface area contributed by atoms with Crippen LogP contribution in [0.3, 0.4) is 0 Å². The third-order valence-corrected chi connectivity index (χ3v) is 3.31. The molecule has 1 amide bonds. The highest BCUT2D eigenvalue weighted by Gasteiger charge is 2.10. The molecule has 20 heavy (non-hydrogen) atoms. The largest absolute Gasteiger partial charge is 0.488 e. The van der Waals surface area contributed by atoms with Gasteiger partial charge in [0.25, 0.3) is 5.91 Å². The van der Waals surface area contributed by atoms with Gasteiger partial charge in [-0.3, -0.25) is 10.2 Å². The van der Waals surface area contributed by atoms with E-state index in [-0.39, 0.29) is 17.7 Å². The van der Waals surface area contributed by atoms with E-state index in [1.165, 1.54) is 18.2 Å². The fraction of sp³-hybridized carbons (Fsp3) is 0.0714. The second kappa shape index (κ2) is 6.49. The first-order chi connectivity index (χ1) is 9.61. The summed E-state index contributed by atoms with van der Waals surface area (Å²) in [5.41, 5.74) is 2.56. The van der Waals surface area contributed by atoms with E-state index < -0.39 is 11.7 Å². The fourth-order valence-corrected chi connectivity index (χ4v) is 2.03. The van der Waals surface area contributed by atoms with Crippen molar-refractivity contribution in [3.05, 3.63) is 63.9 Å². The van der Waals surface area contributed by atoms with E-state index in [2.05, 4.69) is 15.9 Å². The number of hydrogen-bond acceptors (Lipinski definition) is 3. The molecule has 0 aliphatic carbocycles. The Bertz CT molecular complexity index is 634. The molecule has 6 heteroatoms. The minimum Gasteiger partial charge on any atom is -0.488 e. The predicted molar refractivity (Wildman–Crippen MR) is 76.5 cm³/mol. The van der Waals surface area contributed by atoms with Crippen molar-refractivity contribution in [1.82, 2.24) is 5.43 Å². The van der Waals surface area contributed by atoms with Crippen molar-refractivity contribution < 1.29 is 13.9 Å². The zero-order chi connectivity index (χ0) is 14.5. The Hall–Kier alpha value is -1.92. The summed E-state index contributed by atoms with van der Waals surface area (Å²) in [4.78, 5) is 11.4. The molecule has 0 atom stereocenters. The van der Waals surface area contributed by atoms with Gasteiger partial charge in [0.15, 0.2) is 0 Å². The number of hydrazine groups is 1. The Kier molecular flexibility index (Phi) is 4.70. The van der Waals surface area contributed by atoms with Gasteiger partial charge in [0.05, 0.1) is 4.47 Å². The van der Waals surface area contributed by atoms with Crippen LogP contribution in [0.15, 0.2) is 46.9 Å². The lowest BCUT2D eigenvalue weighted by molar-refractivity contribution is 0.0953. The number of nitrogens with two attached hydrogens (primary N) is 1. The first-order valence-electron chi connectivity index (χ1n) is 5.78. The Morgan fingerprint density at radius 1 is 1.30 bits per heavy atom. The summed E-state index contributed by atoms with van der Waals surface area (Å²) >= 11 is 3.34. The van der Waals surface area contributed by atoms with Crippen molar-refractivity contribution in [2.45, 2.75) is 6.61 Å². The number of benzene rings is 2. The summed E-state index contributed by atoms with van der Waals surface area (Å²) in [5, 5.41) is 0. The molecule has 0 saturated heterocycles. The van der Waals surface area contributed by atoms with E-state index in [0.717, 1.165) is 4.47 Å². The number of nitrogens with one attached hydrogen (secondary N) is 1. The van der Waals surface area contributed by atoms with Gasteiger partial charge in [-0.1, -0.05) is 12.1 Å². The molecular formula is C14H12BrFN2O2. The summed E-state index contributed by atoms with van der Waals surface area (Å²) < 4.78 is 20.0. The van der Waals surface area contributed by atoms with E-state index in [1.807, 2.05) is 23.6 Å². The molecular weight excluding hydrogens is 327 g/mol. The molecule has 0 aliphatic heterocycles. The Labute approximate surface area is 123 Å². The zero-order valence-corrected chi connectivity index (χ0v) is 12.0. The number of hydrogen-bond donors (Lipinski definition) is 2. The van der Waals surface area contributed by atoms with Crippen LogP contribution >= 0.6 is 15.9 Å². The van der Waals surface area contributed by atoms with Gasteiger partial charge in [-0.05, 0) is 46.3 Å². The van der Waals surface area contributed by atoms with Gasteiger partial charge >= 0.3 is 0 Å². The molecule has 0 unspecified atom stereocenters. The lowest BCUT2D eigenvalue weighted by atomic mass is 10.1. The number of carbonyl (C=O) groups is 1. The Morgan fingerprint density at radius 3 is 2.75 bits per heavy atom. The summed E-state index contributed by atoms with van der Waals surface area (Å²) in [6.07, 6.45) is 0. The molecule has 2 aromatic rings. The van der Waals surface area contributed by atoms with E-state index in [1.54, 1.807) is 6.07 Å². The van der Waals surface area contributed by atoms with Crippen molar-refractivity contribution >= 4 is 21.8 Å². The van der Waals surface area contributed by atoms with Crippen LogP contribution in [0.2, 0.25) is 0 Å². The highest BCUT2D eigenvalue weighted by Crippen LogP contribution is 2.25. The molecule has 0 radical (unpaired) electrons. The van der Waals surface area contributed by atoms with Crippen LogP contribution in [-0.2, 0) is 6.61 Å². The van der Waals surface area contributed by atoms with Gasteiger partial charge < -0.3 is 4.74 Å². The number of nitrogen functional groups attached to an aromatic ring is 1. The highest BCUT2D eigenvalue weighted by atomic mass is 79.9. The van der Waals surface area contributed by atoms with Crippen LogP contribution in [-0.4, -0.2) is 5.91 Å². The second-order valence-corrected chi connectivity index (χ2v) is 4.85. The topological polar surface area (TPSA) is 64.3 Å². The van der Waals surface area contributed by atoms with Crippen molar-refractivity contribution in [3.8, 4) is 5.75 Å². The molecule has 0 bridgehead atoms. The predicted octanol–water partition coefficient (Wildman–Crippen LogP) is 2.77. The van der Waals surface area contributed by atoms with Gasteiger partial charge in [-0.2, -0.15) is 0 Å². The lowest BCUT2D eigenvalue weighted by Gasteiger charge is -2.10. The summed E-state index contributed by atoms with van der Waals surface area (Å²) in [7, 11) is 0. The molecule has 0 aliphatic rings. The number of para-hydroxylation sites is 1. The molecule has 0 spiro atoms. The van der Waals surface area contributed by atoms with Crippen molar-refractivity contribution in [2.24, 2.45) is 5.84 Å². The second-order valence-electron chi connectivity index (χ2n) is 4.00. The van der Waals surface area contributed by atoms with Crippen LogP contribution in [0.25, 0.3) is 0 Å². The normalized spacial score (nSPS) is 10.2. The third-order valence-electron chi connectivity index (χ3n) is 2.66. The molecule has 0 aromatic heterocycles. The number of rotatable bonds is 4.